The van der Waals surface area contributed by atoms with E-state index in [0.29, 0.717) is 19.3 Å². The number of allylic oxidation sites excluding steroid dienone is 2. The standard InChI is InChI=1S/C12H15F3O2S/c1-2-10-3-5-11(6-4-10)9-18(16,17)8-7-12(13,14)15/h1,3,11H,4-9H2. The van der Waals surface area contributed by atoms with Crippen molar-refractivity contribution in [3.63, 3.8) is 0 Å². The van der Waals surface area contributed by atoms with E-state index in [9.17, 15) is 21.6 Å². The Morgan fingerprint density at radius 1 is 1.44 bits per heavy atom. The molecule has 0 radical (unpaired) electrons. The summed E-state index contributed by atoms with van der Waals surface area (Å²) in [5.41, 5.74) is 0.846. The quantitative estimate of drug-likeness (QED) is 0.742. The molecule has 0 N–H and O–H groups in total. The molecule has 0 saturated heterocycles. The molecule has 0 aromatic heterocycles. The van der Waals surface area contributed by atoms with Gasteiger partial charge >= 0.3 is 6.18 Å². The first-order chi connectivity index (χ1) is 8.22. The van der Waals surface area contributed by atoms with Crippen LogP contribution in [0.5, 0.6) is 0 Å². The van der Waals surface area contributed by atoms with Crippen LogP contribution in [-0.2, 0) is 9.84 Å². The van der Waals surface area contributed by atoms with E-state index in [2.05, 4.69) is 5.92 Å². The minimum Gasteiger partial charge on any atom is -0.229 e. The first-order valence-electron chi connectivity index (χ1n) is 5.65. The van der Waals surface area contributed by atoms with Crippen LogP contribution < -0.4 is 0 Å². The van der Waals surface area contributed by atoms with Gasteiger partial charge in [-0.2, -0.15) is 13.2 Å². The minimum atomic E-state index is -4.42. The zero-order valence-corrected chi connectivity index (χ0v) is 10.6. The van der Waals surface area contributed by atoms with Crippen LogP contribution in [0.25, 0.3) is 0 Å². The van der Waals surface area contributed by atoms with Crippen molar-refractivity contribution in [2.24, 2.45) is 5.92 Å². The van der Waals surface area contributed by atoms with Gasteiger partial charge in [-0.15, -0.1) is 6.42 Å². The average molecular weight is 280 g/mol. The minimum absolute atomic E-state index is 0.111. The predicted octanol–water partition coefficient (Wildman–Crippen LogP) is 2.71. The number of alkyl halides is 3. The second kappa shape index (κ2) is 5.79. The molecular weight excluding hydrogens is 265 g/mol. The summed E-state index contributed by atoms with van der Waals surface area (Å²) in [5, 5.41) is 0. The highest BCUT2D eigenvalue weighted by Crippen LogP contribution is 2.26. The topological polar surface area (TPSA) is 34.1 Å². The fraction of sp³-hybridized carbons (Fsp3) is 0.667. The fourth-order valence-electron chi connectivity index (χ4n) is 1.88. The second-order valence-electron chi connectivity index (χ2n) is 4.49. The highest BCUT2D eigenvalue weighted by atomic mass is 32.2. The normalized spacial score (nSPS) is 21.2. The first-order valence-corrected chi connectivity index (χ1v) is 7.47. The molecule has 0 amide bonds. The number of halogens is 3. The van der Waals surface area contributed by atoms with Crippen molar-refractivity contribution in [2.75, 3.05) is 11.5 Å². The highest BCUT2D eigenvalue weighted by molar-refractivity contribution is 7.91. The van der Waals surface area contributed by atoms with Crippen LogP contribution in [0.1, 0.15) is 25.7 Å². The number of sulfone groups is 1. The summed E-state index contributed by atoms with van der Waals surface area (Å²) in [6, 6.07) is 0. The van der Waals surface area contributed by atoms with E-state index in [1.165, 1.54) is 0 Å². The molecule has 0 aromatic rings. The van der Waals surface area contributed by atoms with Gasteiger partial charge in [-0.3, -0.25) is 0 Å². The van der Waals surface area contributed by atoms with Crippen LogP contribution in [0.3, 0.4) is 0 Å². The van der Waals surface area contributed by atoms with Crippen molar-refractivity contribution in [3.05, 3.63) is 11.6 Å². The number of hydrogen-bond acceptors (Lipinski definition) is 2. The van der Waals surface area contributed by atoms with Gasteiger partial charge in [-0.1, -0.05) is 12.0 Å². The third kappa shape index (κ3) is 5.58. The van der Waals surface area contributed by atoms with E-state index in [4.69, 9.17) is 6.42 Å². The van der Waals surface area contributed by atoms with Crippen LogP contribution in [0.2, 0.25) is 0 Å². The Balaban J connectivity index is 2.48. The lowest BCUT2D eigenvalue weighted by Gasteiger charge is -2.19. The highest BCUT2D eigenvalue weighted by Gasteiger charge is 2.31. The molecule has 18 heavy (non-hydrogen) atoms. The molecular formula is C12H15F3O2S. The molecule has 2 nitrogen and oxygen atoms in total. The van der Waals surface area contributed by atoms with Crippen molar-refractivity contribution in [3.8, 4) is 12.3 Å². The summed E-state index contributed by atoms with van der Waals surface area (Å²) in [6.07, 6.45) is 3.11. The number of hydrogen-bond donors (Lipinski definition) is 0. The zero-order chi connectivity index (χ0) is 13.8. The summed E-state index contributed by atoms with van der Waals surface area (Å²) < 4.78 is 59.0. The molecule has 0 bridgehead atoms. The van der Waals surface area contributed by atoms with E-state index in [-0.39, 0.29) is 11.7 Å². The average Bonchev–Trinajstić information content (AvgIpc) is 2.26. The summed E-state index contributed by atoms with van der Waals surface area (Å²) in [4.78, 5) is 0. The maximum absolute atomic E-state index is 12.0. The molecule has 0 heterocycles. The van der Waals surface area contributed by atoms with E-state index < -0.39 is 28.2 Å². The maximum Gasteiger partial charge on any atom is 0.390 e. The van der Waals surface area contributed by atoms with Gasteiger partial charge in [0.05, 0.1) is 17.9 Å². The lowest BCUT2D eigenvalue weighted by molar-refractivity contribution is -0.129. The zero-order valence-electron chi connectivity index (χ0n) is 9.83. The fourth-order valence-corrected chi connectivity index (χ4v) is 3.61. The summed E-state index contributed by atoms with van der Waals surface area (Å²) >= 11 is 0. The first kappa shape index (κ1) is 15.1. The largest absolute Gasteiger partial charge is 0.390 e. The Morgan fingerprint density at radius 3 is 2.56 bits per heavy atom. The smallest absolute Gasteiger partial charge is 0.229 e. The monoisotopic (exact) mass is 280 g/mol. The van der Waals surface area contributed by atoms with Gasteiger partial charge in [0.25, 0.3) is 0 Å². The van der Waals surface area contributed by atoms with Gasteiger partial charge in [0, 0.05) is 0 Å². The third-order valence-electron chi connectivity index (χ3n) is 2.89. The molecule has 1 rings (SSSR count). The second-order valence-corrected chi connectivity index (χ2v) is 6.72. The van der Waals surface area contributed by atoms with Gasteiger partial charge in [-0.05, 0) is 30.8 Å². The Labute approximate surface area is 105 Å². The summed E-state index contributed by atoms with van der Waals surface area (Å²) in [6.45, 7) is 0. The molecule has 0 spiro atoms. The number of rotatable bonds is 4. The van der Waals surface area contributed by atoms with E-state index in [0.717, 1.165) is 5.57 Å². The molecule has 1 aliphatic carbocycles. The molecule has 0 aromatic carbocycles. The van der Waals surface area contributed by atoms with E-state index >= 15 is 0 Å². The van der Waals surface area contributed by atoms with Gasteiger partial charge in [-0.25, -0.2) is 8.42 Å². The Morgan fingerprint density at radius 2 is 2.11 bits per heavy atom. The van der Waals surface area contributed by atoms with E-state index in [1.54, 1.807) is 6.08 Å². The van der Waals surface area contributed by atoms with Gasteiger partial charge in [0.1, 0.15) is 0 Å². The Bertz CT molecular complexity index is 455. The molecule has 0 saturated carbocycles. The van der Waals surface area contributed by atoms with Crippen LogP contribution in [0.15, 0.2) is 11.6 Å². The summed E-state index contributed by atoms with van der Waals surface area (Å²) in [7, 11) is -3.64. The van der Waals surface area contributed by atoms with Crippen LogP contribution in [-0.4, -0.2) is 26.1 Å². The van der Waals surface area contributed by atoms with Crippen molar-refractivity contribution in [1.29, 1.82) is 0 Å². The summed E-state index contributed by atoms with van der Waals surface area (Å²) in [5.74, 6) is 1.38. The van der Waals surface area contributed by atoms with Gasteiger partial charge in [0.2, 0.25) is 0 Å². The molecule has 1 aliphatic rings. The van der Waals surface area contributed by atoms with Crippen molar-refractivity contribution >= 4 is 9.84 Å². The Kier molecular flexibility index (Phi) is 4.85. The van der Waals surface area contributed by atoms with Gasteiger partial charge in [0.15, 0.2) is 9.84 Å². The lowest BCUT2D eigenvalue weighted by Crippen LogP contribution is -2.23. The van der Waals surface area contributed by atoms with Gasteiger partial charge < -0.3 is 0 Å². The predicted molar refractivity (Wildman–Crippen MR) is 63.6 cm³/mol. The molecule has 1 atom stereocenters. The molecule has 0 fully saturated rings. The molecule has 1 unspecified atom stereocenters. The molecule has 6 heteroatoms. The third-order valence-corrected chi connectivity index (χ3v) is 4.70. The van der Waals surface area contributed by atoms with E-state index in [1.807, 2.05) is 0 Å². The van der Waals surface area contributed by atoms with Crippen molar-refractivity contribution < 1.29 is 21.6 Å². The Hall–Kier alpha value is -0.960. The molecule has 102 valence electrons. The molecule has 0 aliphatic heterocycles. The van der Waals surface area contributed by atoms with Crippen molar-refractivity contribution in [1.82, 2.24) is 0 Å². The number of terminal acetylenes is 1. The van der Waals surface area contributed by atoms with Crippen LogP contribution in [0, 0.1) is 18.3 Å². The van der Waals surface area contributed by atoms with Crippen LogP contribution in [0.4, 0.5) is 13.2 Å². The maximum atomic E-state index is 12.0. The van der Waals surface area contributed by atoms with Crippen LogP contribution >= 0.6 is 0 Å². The SMILES string of the molecule is C#CC1=CCC(CS(=O)(=O)CCC(F)(F)F)CC1. The lowest BCUT2D eigenvalue weighted by atomic mass is 9.91. The van der Waals surface area contributed by atoms with Crippen molar-refractivity contribution in [2.45, 2.75) is 31.9 Å².